The molecule has 4 nitrogen and oxygen atoms in total. The van der Waals surface area contributed by atoms with Crippen LogP contribution in [0.2, 0.25) is 0 Å². The Labute approximate surface area is 115 Å². The van der Waals surface area contributed by atoms with Crippen molar-refractivity contribution < 1.29 is 9.90 Å². The van der Waals surface area contributed by atoms with E-state index in [0.29, 0.717) is 11.8 Å². The Morgan fingerprint density at radius 3 is 2.78 bits per heavy atom. The van der Waals surface area contributed by atoms with E-state index in [9.17, 15) is 9.90 Å². The molecular weight excluding hydrogens is 248 g/mol. The summed E-state index contributed by atoms with van der Waals surface area (Å²) in [7, 11) is 1.73. The lowest BCUT2D eigenvalue weighted by Gasteiger charge is -2.33. The number of hydrogen-bond acceptors (Lipinski definition) is 3. The Balaban J connectivity index is 2.45. The third-order valence-electron chi connectivity index (χ3n) is 3.28. The number of likely N-dealkylation sites (N-methyl/N-ethyl adjacent to an activating group) is 1. The highest BCUT2D eigenvalue weighted by molar-refractivity contribution is 7.99. The molecule has 3 unspecified atom stereocenters. The third kappa shape index (κ3) is 5.06. The average molecular weight is 274 g/mol. The molecule has 0 bridgehead atoms. The summed E-state index contributed by atoms with van der Waals surface area (Å²) in [5.74, 6) is 1.10. The van der Waals surface area contributed by atoms with Crippen LogP contribution in [0.3, 0.4) is 0 Å². The molecular formula is C13H26N2O2S. The maximum Gasteiger partial charge on any atom is 0.317 e. The largest absolute Gasteiger partial charge is 0.392 e. The molecule has 2 N–H and O–H groups in total. The van der Waals surface area contributed by atoms with Crippen LogP contribution in [0.5, 0.6) is 0 Å². The molecule has 0 aromatic heterocycles. The normalized spacial score (nSPS) is 25.6. The topological polar surface area (TPSA) is 52.6 Å². The molecule has 1 rings (SSSR count). The average Bonchev–Trinajstić information content (AvgIpc) is 2.31. The van der Waals surface area contributed by atoms with E-state index in [1.165, 1.54) is 19.3 Å². The quantitative estimate of drug-likeness (QED) is 0.807. The van der Waals surface area contributed by atoms with Crippen LogP contribution < -0.4 is 5.32 Å². The van der Waals surface area contributed by atoms with Gasteiger partial charge in [0.2, 0.25) is 0 Å². The van der Waals surface area contributed by atoms with Crippen molar-refractivity contribution in [2.24, 2.45) is 0 Å². The van der Waals surface area contributed by atoms with Crippen molar-refractivity contribution in [3.8, 4) is 0 Å². The Morgan fingerprint density at radius 1 is 1.50 bits per heavy atom. The van der Waals surface area contributed by atoms with Crippen molar-refractivity contribution in [3.05, 3.63) is 0 Å². The van der Waals surface area contributed by atoms with Gasteiger partial charge in [0, 0.05) is 24.9 Å². The Hall–Kier alpha value is -0.420. The molecule has 1 fully saturated rings. The monoisotopic (exact) mass is 274 g/mol. The fourth-order valence-electron chi connectivity index (χ4n) is 2.42. The number of carbonyl (C=O) groups excluding carboxylic acids is 1. The van der Waals surface area contributed by atoms with E-state index in [4.69, 9.17) is 0 Å². The molecule has 0 aliphatic heterocycles. The van der Waals surface area contributed by atoms with E-state index in [0.717, 1.165) is 12.2 Å². The molecule has 0 saturated heterocycles. The zero-order chi connectivity index (χ0) is 13.5. The molecule has 1 aliphatic carbocycles. The van der Waals surface area contributed by atoms with Gasteiger partial charge < -0.3 is 15.3 Å². The zero-order valence-electron chi connectivity index (χ0n) is 11.7. The number of thioether (sulfide) groups is 1. The highest BCUT2D eigenvalue weighted by Gasteiger charge is 2.27. The number of nitrogens with zero attached hydrogens (tertiary/aromatic N) is 1. The van der Waals surface area contributed by atoms with Gasteiger partial charge in [-0.1, -0.05) is 19.8 Å². The summed E-state index contributed by atoms with van der Waals surface area (Å²) >= 11 is 1.95. The standard InChI is InChI=1S/C13H26N2O2S/c1-4-18-12-8-6-5-7-11(12)14-13(17)15(3)9-10(2)16/h10-12,16H,4-9H2,1-3H3,(H,14,17). The minimum absolute atomic E-state index is 0.0653. The summed E-state index contributed by atoms with van der Waals surface area (Å²) in [5.41, 5.74) is 0. The van der Waals surface area contributed by atoms with Crippen molar-refractivity contribution in [1.29, 1.82) is 0 Å². The number of aliphatic hydroxyl groups is 1. The van der Waals surface area contributed by atoms with Crippen molar-refractivity contribution in [2.45, 2.75) is 56.9 Å². The Kier molecular flexibility index (Phi) is 6.86. The summed E-state index contributed by atoms with van der Waals surface area (Å²) in [6.07, 6.45) is 4.27. The van der Waals surface area contributed by atoms with Gasteiger partial charge in [-0.2, -0.15) is 11.8 Å². The molecule has 3 atom stereocenters. The van der Waals surface area contributed by atoms with Gasteiger partial charge in [-0.05, 0) is 25.5 Å². The Morgan fingerprint density at radius 2 is 2.17 bits per heavy atom. The first-order valence-electron chi connectivity index (χ1n) is 6.85. The Bertz CT molecular complexity index is 259. The maximum absolute atomic E-state index is 12.0. The molecule has 0 spiro atoms. The summed E-state index contributed by atoms with van der Waals surface area (Å²) in [4.78, 5) is 13.6. The number of rotatable bonds is 5. The van der Waals surface area contributed by atoms with Gasteiger partial charge in [0.1, 0.15) is 0 Å². The van der Waals surface area contributed by atoms with Gasteiger partial charge in [-0.3, -0.25) is 0 Å². The second-order valence-corrected chi connectivity index (χ2v) is 6.58. The third-order valence-corrected chi connectivity index (χ3v) is 4.60. The number of amides is 2. The van der Waals surface area contributed by atoms with Gasteiger partial charge >= 0.3 is 6.03 Å². The molecule has 2 amide bonds. The summed E-state index contributed by atoms with van der Waals surface area (Å²) in [6, 6.07) is 0.220. The number of urea groups is 1. The number of nitrogens with one attached hydrogen (secondary N) is 1. The minimum atomic E-state index is -0.479. The minimum Gasteiger partial charge on any atom is -0.392 e. The molecule has 0 aromatic rings. The predicted octanol–water partition coefficient (Wildman–Crippen LogP) is 2.07. The smallest absolute Gasteiger partial charge is 0.317 e. The van der Waals surface area contributed by atoms with E-state index >= 15 is 0 Å². The van der Waals surface area contributed by atoms with Crippen molar-refractivity contribution in [1.82, 2.24) is 10.2 Å². The molecule has 1 saturated carbocycles. The fourth-order valence-corrected chi connectivity index (χ4v) is 3.62. The van der Waals surface area contributed by atoms with Crippen LogP contribution in [0, 0.1) is 0 Å². The van der Waals surface area contributed by atoms with Crippen LogP contribution in [-0.2, 0) is 0 Å². The summed E-state index contributed by atoms with van der Waals surface area (Å²) < 4.78 is 0. The summed E-state index contributed by atoms with van der Waals surface area (Å²) in [6.45, 7) is 4.24. The van der Waals surface area contributed by atoms with E-state index in [-0.39, 0.29) is 12.1 Å². The van der Waals surface area contributed by atoms with E-state index in [1.807, 2.05) is 11.8 Å². The van der Waals surface area contributed by atoms with Gasteiger partial charge in [0.05, 0.1) is 6.10 Å². The van der Waals surface area contributed by atoms with Crippen molar-refractivity contribution in [3.63, 3.8) is 0 Å². The number of hydrogen-bond donors (Lipinski definition) is 2. The first-order chi connectivity index (χ1) is 8.54. The lowest BCUT2D eigenvalue weighted by atomic mass is 9.95. The van der Waals surface area contributed by atoms with E-state index < -0.39 is 6.10 Å². The van der Waals surface area contributed by atoms with Crippen LogP contribution in [0.25, 0.3) is 0 Å². The van der Waals surface area contributed by atoms with Gasteiger partial charge in [-0.15, -0.1) is 0 Å². The lowest BCUT2D eigenvalue weighted by Crippen LogP contribution is -2.49. The van der Waals surface area contributed by atoms with Crippen molar-refractivity contribution in [2.75, 3.05) is 19.3 Å². The predicted molar refractivity (Wildman–Crippen MR) is 77.0 cm³/mol. The SMILES string of the molecule is CCSC1CCCCC1NC(=O)N(C)CC(C)O. The van der Waals surface area contributed by atoms with Gasteiger partial charge in [0.25, 0.3) is 0 Å². The van der Waals surface area contributed by atoms with Crippen LogP contribution in [-0.4, -0.2) is 52.8 Å². The lowest BCUT2D eigenvalue weighted by molar-refractivity contribution is 0.141. The fraction of sp³-hybridized carbons (Fsp3) is 0.923. The summed E-state index contributed by atoms with van der Waals surface area (Å²) in [5, 5.41) is 13.0. The van der Waals surface area contributed by atoms with Gasteiger partial charge in [-0.25, -0.2) is 4.79 Å². The number of aliphatic hydroxyl groups excluding tert-OH is 1. The second kappa shape index (κ2) is 7.89. The van der Waals surface area contributed by atoms with Crippen LogP contribution in [0.4, 0.5) is 4.79 Å². The van der Waals surface area contributed by atoms with E-state index in [2.05, 4.69) is 12.2 Å². The molecule has 0 heterocycles. The van der Waals surface area contributed by atoms with E-state index in [1.54, 1.807) is 18.9 Å². The van der Waals surface area contributed by atoms with Crippen LogP contribution in [0.1, 0.15) is 39.5 Å². The number of carbonyl (C=O) groups is 1. The molecule has 0 radical (unpaired) electrons. The first-order valence-corrected chi connectivity index (χ1v) is 7.90. The maximum atomic E-state index is 12.0. The van der Waals surface area contributed by atoms with Crippen molar-refractivity contribution >= 4 is 17.8 Å². The molecule has 1 aliphatic rings. The molecule has 18 heavy (non-hydrogen) atoms. The first kappa shape index (κ1) is 15.6. The second-order valence-electron chi connectivity index (χ2n) is 5.06. The highest BCUT2D eigenvalue weighted by Crippen LogP contribution is 2.28. The van der Waals surface area contributed by atoms with Crippen LogP contribution in [0.15, 0.2) is 0 Å². The van der Waals surface area contributed by atoms with Crippen LogP contribution >= 0.6 is 11.8 Å². The van der Waals surface area contributed by atoms with Gasteiger partial charge in [0.15, 0.2) is 0 Å². The highest BCUT2D eigenvalue weighted by atomic mass is 32.2. The molecule has 106 valence electrons. The molecule has 0 aromatic carbocycles. The zero-order valence-corrected chi connectivity index (χ0v) is 12.5. The molecule has 5 heteroatoms.